The molecule has 1 aromatic rings. The lowest BCUT2D eigenvalue weighted by atomic mass is 10.1. The summed E-state index contributed by atoms with van der Waals surface area (Å²) in [7, 11) is 0. The van der Waals surface area contributed by atoms with Crippen molar-refractivity contribution in [1.82, 2.24) is 4.90 Å². The van der Waals surface area contributed by atoms with Gasteiger partial charge in [0.15, 0.2) is 17.7 Å². The Labute approximate surface area is 126 Å². The maximum absolute atomic E-state index is 14.0. The molecular weight excluding hydrogens is 296 g/mol. The third-order valence-electron chi connectivity index (χ3n) is 3.67. The summed E-state index contributed by atoms with van der Waals surface area (Å²) in [6, 6.07) is 5.67. The molecule has 1 amide bonds. The van der Waals surface area contributed by atoms with E-state index in [9.17, 15) is 18.4 Å². The van der Waals surface area contributed by atoms with Crippen molar-refractivity contribution in [1.29, 1.82) is 0 Å². The minimum Gasteiger partial charge on any atom is -0.479 e. The number of amides is 1. The number of carbonyl (C=O) groups is 2. The predicted octanol–water partition coefficient (Wildman–Crippen LogP) is 2.01. The fourth-order valence-corrected chi connectivity index (χ4v) is 2.34. The number of ether oxygens (including phenoxy) is 1. The van der Waals surface area contributed by atoms with Crippen LogP contribution in [0.2, 0.25) is 0 Å². The summed E-state index contributed by atoms with van der Waals surface area (Å²) in [4.78, 5) is 24.3. The number of carboxylic acid groups (broad SMARTS) is 1. The second kappa shape index (κ2) is 6.29. The number of benzene rings is 1. The highest BCUT2D eigenvalue weighted by atomic mass is 19.1. The molecule has 1 N–H and O–H groups in total. The van der Waals surface area contributed by atoms with Crippen LogP contribution in [0.5, 0.6) is 5.75 Å². The molecule has 2 atom stereocenters. The maximum Gasteiger partial charge on any atom is 0.343 e. The lowest BCUT2D eigenvalue weighted by Gasteiger charge is -2.24. The van der Waals surface area contributed by atoms with Gasteiger partial charge in [-0.3, -0.25) is 4.79 Å². The van der Waals surface area contributed by atoms with Gasteiger partial charge in [0.2, 0.25) is 5.67 Å². The van der Waals surface area contributed by atoms with Crippen molar-refractivity contribution in [3.8, 4) is 5.75 Å². The van der Waals surface area contributed by atoms with Gasteiger partial charge in [0, 0.05) is 13.0 Å². The number of para-hydroxylation sites is 1. The number of nitrogens with zero attached hydrogens (tertiary/aromatic N) is 1. The third kappa shape index (κ3) is 3.18. The Morgan fingerprint density at radius 2 is 2.14 bits per heavy atom. The molecule has 120 valence electrons. The Balaban J connectivity index is 2.07. The number of hydrogen-bond donors (Lipinski definition) is 1. The molecule has 22 heavy (non-hydrogen) atoms. The van der Waals surface area contributed by atoms with Crippen LogP contribution in [-0.4, -0.2) is 46.7 Å². The number of halogens is 2. The number of hydrogen-bond acceptors (Lipinski definition) is 3. The maximum atomic E-state index is 14.0. The standard InChI is InChI=1S/C15H17F2NO4/c1-2-11(22-12-6-4-3-5-10(12)16)13(19)18-8-7-15(17,9-18)14(20)21/h3-6,11H,2,7-9H2,1H3,(H,20,21). The highest BCUT2D eigenvalue weighted by molar-refractivity contribution is 5.84. The number of carbonyl (C=O) groups excluding carboxylic acids is 1. The number of rotatable bonds is 5. The van der Waals surface area contributed by atoms with Gasteiger partial charge < -0.3 is 14.7 Å². The summed E-state index contributed by atoms with van der Waals surface area (Å²) in [5.74, 6) is -2.77. The van der Waals surface area contributed by atoms with Crippen LogP contribution < -0.4 is 4.74 Å². The van der Waals surface area contributed by atoms with Crippen molar-refractivity contribution in [3.05, 3.63) is 30.1 Å². The zero-order valence-corrected chi connectivity index (χ0v) is 12.1. The molecule has 0 spiro atoms. The molecular formula is C15H17F2NO4. The van der Waals surface area contributed by atoms with E-state index in [1.807, 2.05) is 0 Å². The Kier molecular flexibility index (Phi) is 4.63. The van der Waals surface area contributed by atoms with Crippen molar-refractivity contribution in [3.63, 3.8) is 0 Å². The van der Waals surface area contributed by atoms with E-state index >= 15 is 0 Å². The van der Waals surface area contributed by atoms with E-state index < -0.39 is 36.0 Å². The monoisotopic (exact) mass is 313 g/mol. The van der Waals surface area contributed by atoms with Crippen LogP contribution in [-0.2, 0) is 9.59 Å². The summed E-state index contributed by atoms with van der Waals surface area (Å²) in [5.41, 5.74) is -2.42. The van der Waals surface area contributed by atoms with Crippen LogP contribution in [0.15, 0.2) is 24.3 Å². The molecule has 0 saturated carbocycles. The molecule has 5 nitrogen and oxygen atoms in total. The van der Waals surface area contributed by atoms with E-state index in [-0.39, 0.29) is 25.1 Å². The minimum atomic E-state index is -2.42. The molecule has 1 aliphatic heterocycles. The van der Waals surface area contributed by atoms with E-state index in [4.69, 9.17) is 9.84 Å². The summed E-state index contributed by atoms with van der Waals surface area (Å²) < 4.78 is 32.9. The van der Waals surface area contributed by atoms with Gasteiger partial charge in [0.05, 0.1) is 6.54 Å². The summed E-state index contributed by atoms with van der Waals surface area (Å²) in [6.07, 6.45) is -0.978. The third-order valence-corrected chi connectivity index (χ3v) is 3.67. The van der Waals surface area contributed by atoms with Crippen LogP contribution in [0.25, 0.3) is 0 Å². The second-order valence-corrected chi connectivity index (χ2v) is 5.23. The van der Waals surface area contributed by atoms with Crippen molar-refractivity contribution in [2.24, 2.45) is 0 Å². The number of likely N-dealkylation sites (tertiary alicyclic amines) is 1. The molecule has 2 unspecified atom stereocenters. The smallest absolute Gasteiger partial charge is 0.343 e. The predicted molar refractivity (Wildman–Crippen MR) is 73.8 cm³/mol. The van der Waals surface area contributed by atoms with E-state index in [0.717, 1.165) is 4.90 Å². The molecule has 1 fully saturated rings. The topological polar surface area (TPSA) is 66.8 Å². The van der Waals surface area contributed by atoms with Gasteiger partial charge in [-0.1, -0.05) is 19.1 Å². The van der Waals surface area contributed by atoms with Gasteiger partial charge in [-0.25, -0.2) is 13.6 Å². The number of alkyl halides is 1. The van der Waals surface area contributed by atoms with Gasteiger partial charge in [0.1, 0.15) is 0 Å². The van der Waals surface area contributed by atoms with E-state index in [0.29, 0.717) is 0 Å². The van der Waals surface area contributed by atoms with Gasteiger partial charge in [-0.05, 0) is 18.6 Å². The van der Waals surface area contributed by atoms with Gasteiger partial charge >= 0.3 is 5.97 Å². The molecule has 0 bridgehead atoms. The van der Waals surface area contributed by atoms with Crippen LogP contribution in [0.3, 0.4) is 0 Å². The highest BCUT2D eigenvalue weighted by Gasteiger charge is 2.47. The average Bonchev–Trinajstić information content (AvgIpc) is 2.90. The van der Waals surface area contributed by atoms with Crippen LogP contribution in [0.1, 0.15) is 19.8 Å². The largest absolute Gasteiger partial charge is 0.479 e. The van der Waals surface area contributed by atoms with Gasteiger partial charge in [-0.2, -0.15) is 0 Å². The molecule has 7 heteroatoms. The lowest BCUT2D eigenvalue weighted by Crippen LogP contribution is -2.44. The van der Waals surface area contributed by atoms with Crippen molar-refractivity contribution < 1.29 is 28.2 Å². The Bertz CT molecular complexity index is 580. The van der Waals surface area contributed by atoms with Gasteiger partial charge in [-0.15, -0.1) is 0 Å². The van der Waals surface area contributed by atoms with Crippen molar-refractivity contribution in [2.75, 3.05) is 13.1 Å². The first kappa shape index (κ1) is 16.2. The van der Waals surface area contributed by atoms with Crippen LogP contribution in [0.4, 0.5) is 8.78 Å². The number of aliphatic carboxylic acids is 1. The molecule has 1 aliphatic rings. The molecule has 1 saturated heterocycles. The molecule has 0 aromatic heterocycles. The molecule has 2 rings (SSSR count). The molecule has 0 aliphatic carbocycles. The van der Waals surface area contributed by atoms with Crippen molar-refractivity contribution >= 4 is 11.9 Å². The average molecular weight is 313 g/mol. The van der Waals surface area contributed by atoms with E-state index in [2.05, 4.69) is 0 Å². The van der Waals surface area contributed by atoms with E-state index in [1.54, 1.807) is 13.0 Å². The fraction of sp³-hybridized carbons (Fsp3) is 0.467. The van der Waals surface area contributed by atoms with Crippen molar-refractivity contribution in [2.45, 2.75) is 31.5 Å². The summed E-state index contributed by atoms with van der Waals surface area (Å²) in [5, 5.41) is 8.85. The molecule has 1 aromatic carbocycles. The van der Waals surface area contributed by atoms with Gasteiger partial charge in [0.25, 0.3) is 5.91 Å². The highest BCUT2D eigenvalue weighted by Crippen LogP contribution is 2.27. The zero-order valence-electron chi connectivity index (χ0n) is 12.1. The van der Waals surface area contributed by atoms with E-state index in [1.165, 1.54) is 18.2 Å². The first-order valence-corrected chi connectivity index (χ1v) is 6.99. The normalized spacial score (nSPS) is 22.4. The summed E-state index contributed by atoms with van der Waals surface area (Å²) in [6.45, 7) is 1.16. The first-order chi connectivity index (χ1) is 10.4. The Morgan fingerprint density at radius 3 is 2.68 bits per heavy atom. The quantitative estimate of drug-likeness (QED) is 0.903. The zero-order chi connectivity index (χ0) is 16.3. The van der Waals surface area contributed by atoms with Crippen LogP contribution in [0, 0.1) is 5.82 Å². The first-order valence-electron chi connectivity index (χ1n) is 6.99. The minimum absolute atomic E-state index is 0.00123. The Hall–Kier alpha value is -2.18. The second-order valence-electron chi connectivity index (χ2n) is 5.23. The summed E-state index contributed by atoms with van der Waals surface area (Å²) >= 11 is 0. The fourth-order valence-electron chi connectivity index (χ4n) is 2.34. The lowest BCUT2D eigenvalue weighted by molar-refractivity contribution is -0.150. The molecule has 0 radical (unpaired) electrons. The number of carboxylic acids is 1. The van der Waals surface area contributed by atoms with Crippen LogP contribution >= 0.6 is 0 Å². The molecule has 1 heterocycles. The SMILES string of the molecule is CCC(Oc1ccccc1F)C(=O)N1CCC(F)(C(=O)O)C1. The Morgan fingerprint density at radius 1 is 1.45 bits per heavy atom.